The number of carboxylic acid groups (broad SMARTS) is 1. The Morgan fingerprint density at radius 1 is 1.12 bits per heavy atom. The summed E-state index contributed by atoms with van der Waals surface area (Å²) in [6, 6.07) is -0.721. The SMILES string of the molecule is NC(N)=NCCCCCCCC(N)C(=O)O. The largest absolute Gasteiger partial charge is 0.480 e. The van der Waals surface area contributed by atoms with Gasteiger partial charge in [0.15, 0.2) is 5.96 Å². The van der Waals surface area contributed by atoms with E-state index in [0.29, 0.717) is 13.0 Å². The lowest BCUT2D eigenvalue weighted by Gasteiger charge is -2.05. The molecule has 1 atom stereocenters. The number of nitrogens with two attached hydrogens (primary N) is 3. The van der Waals surface area contributed by atoms with Crippen LogP contribution in [0.3, 0.4) is 0 Å². The molecule has 0 aliphatic carbocycles. The molecule has 0 aromatic heterocycles. The van der Waals surface area contributed by atoms with E-state index in [4.69, 9.17) is 22.3 Å². The summed E-state index contributed by atoms with van der Waals surface area (Å²) in [7, 11) is 0. The van der Waals surface area contributed by atoms with Crippen LogP contribution in [-0.4, -0.2) is 29.6 Å². The highest BCUT2D eigenvalue weighted by Crippen LogP contribution is 2.06. The second kappa shape index (κ2) is 8.96. The van der Waals surface area contributed by atoms with Crippen LogP contribution in [0.25, 0.3) is 0 Å². The number of unbranched alkanes of at least 4 members (excludes halogenated alkanes) is 4. The second-order valence-corrected chi connectivity index (χ2v) is 3.81. The average molecular weight is 230 g/mol. The fraction of sp³-hybridized carbons (Fsp3) is 0.800. The summed E-state index contributed by atoms with van der Waals surface area (Å²) in [5.41, 5.74) is 15.7. The Bertz CT molecular complexity index is 227. The summed E-state index contributed by atoms with van der Waals surface area (Å²) in [4.78, 5) is 14.3. The molecule has 94 valence electrons. The minimum atomic E-state index is -0.923. The molecule has 0 rings (SSSR count). The number of aliphatic carboxylic acids is 1. The number of aliphatic imine (C=N–C) groups is 1. The fourth-order valence-electron chi connectivity index (χ4n) is 1.34. The number of guanidine groups is 1. The maximum absolute atomic E-state index is 10.4. The normalized spacial score (nSPS) is 12.1. The molecule has 0 saturated carbocycles. The Hall–Kier alpha value is -1.30. The minimum absolute atomic E-state index is 0.132. The third-order valence-electron chi connectivity index (χ3n) is 2.28. The molecule has 0 bridgehead atoms. The van der Waals surface area contributed by atoms with Crippen LogP contribution < -0.4 is 17.2 Å². The fourth-order valence-corrected chi connectivity index (χ4v) is 1.34. The van der Waals surface area contributed by atoms with E-state index < -0.39 is 12.0 Å². The van der Waals surface area contributed by atoms with Crippen molar-refractivity contribution in [1.29, 1.82) is 0 Å². The highest BCUT2D eigenvalue weighted by Gasteiger charge is 2.09. The maximum Gasteiger partial charge on any atom is 0.320 e. The molecular formula is C10H22N4O2. The first-order valence-electron chi connectivity index (χ1n) is 5.58. The van der Waals surface area contributed by atoms with Crippen LogP contribution in [-0.2, 0) is 4.79 Å². The lowest BCUT2D eigenvalue weighted by molar-refractivity contribution is -0.138. The van der Waals surface area contributed by atoms with Crippen molar-refractivity contribution in [2.75, 3.05) is 6.54 Å². The minimum Gasteiger partial charge on any atom is -0.480 e. The molecule has 16 heavy (non-hydrogen) atoms. The van der Waals surface area contributed by atoms with Crippen molar-refractivity contribution in [1.82, 2.24) is 0 Å². The first-order chi connectivity index (χ1) is 7.54. The van der Waals surface area contributed by atoms with E-state index >= 15 is 0 Å². The van der Waals surface area contributed by atoms with Crippen molar-refractivity contribution >= 4 is 11.9 Å². The predicted octanol–water partition coefficient (Wildman–Crippen LogP) is 0.0123. The number of carboxylic acids is 1. The monoisotopic (exact) mass is 230 g/mol. The van der Waals surface area contributed by atoms with Crippen molar-refractivity contribution in [3.05, 3.63) is 0 Å². The number of nitrogens with zero attached hydrogens (tertiary/aromatic N) is 1. The Labute approximate surface area is 95.9 Å². The van der Waals surface area contributed by atoms with Crippen molar-refractivity contribution in [3.63, 3.8) is 0 Å². The van der Waals surface area contributed by atoms with E-state index in [9.17, 15) is 4.79 Å². The Balaban J connectivity index is 3.22. The molecule has 0 fully saturated rings. The molecule has 0 aliphatic heterocycles. The highest BCUT2D eigenvalue weighted by molar-refractivity contribution is 5.75. The number of rotatable bonds is 9. The van der Waals surface area contributed by atoms with Gasteiger partial charge < -0.3 is 22.3 Å². The molecule has 0 aliphatic rings. The zero-order valence-electron chi connectivity index (χ0n) is 9.56. The van der Waals surface area contributed by atoms with Gasteiger partial charge in [-0.25, -0.2) is 0 Å². The third kappa shape index (κ3) is 9.26. The number of hydrogen-bond acceptors (Lipinski definition) is 3. The van der Waals surface area contributed by atoms with E-state index in [1.165, 1.54) is 0 Å². The van der Waals surface area contributed by atoms with Gasteiger partial charge >= 0.3 is 5.97 Å². The van der Waals surface area contributed by atoms with Gasteiger partial charge in [0, 0.05) is 6.54 Å². The molecule has 0 heterocycles. The zero-order valence-corrected chi connectivity index (χ0v) is 9.56. The van der Waals surface area contributed by atoms with Gasteiger partial charge in [0.25, 0.3) is 0 Å². The Morgan fingerprint density at radius 2 is 1.69 bits per heavy atom. The molecule has 6 nitrogen and oxygen atoms in total. The summed E-state index contributed by atoms with van der Waals surface area (Å²) >= 11 is 0. The highest BCUT2D eigenvalue weighted by atomic mass is 16.4. The first kappa shape index (κ1) is 14.7. The third-order valence-corrected chi connectivity index (χ3v) is 2.28. The standard InChI is InChI=1S/C10H22N4O2/c11-8(9(15)16)6-4-2-1-3-5-7-14-10(12)13/h8H,1-7,11H2,(H,15,16)(H4,12,13,14). The molecule has 6 heteroatoms. The summed E-state index contributed by atoms with van der Waals surface area (Å²) in [6.07, 6.45) is 5.48. The van der Waals surface area contributed by atoms with Crippen molar-refractivity contribution in [3.8, 4) is 0 Å². The van der Waals surface area contributed by atoms with Crippen LogP contribution >= 0.6 is 0 Å². The molecule has 0 aromatic rings. The molecule has 7 N–H and O–H groups in total. The molecule has 0 saturated heterocycles. The van der Waals surface area contributed by atoms with Crippen molar-refractivity contribution in [2.24, 2.45) is 22.2 Å². The van der Waals surface area contributed by atoms with Gasteiger partial charge in [0.2, 0.25) is 0 Å². The maximum atomic E-state index is 10.4. The topological polar surface area (TPSA) is 128 Å². The van der Waals surface area contributed by atoms with Gasteiger partial charge in [-0.15, -0.1) is 0 Å². The Kier molecular flexibility index (Phi) is 8.24. The van der Waals surface area contributed by atoms with Crippen LogP contribution in [0.5, 0.6) is 0 Å². The van der Waals surface area contributed by atoms with Gasteiger partial charge in [-0.2, -0.15) is 0 Å². The quantitative estimate of drug-likeness (QED) is 0.252. The smallest absolute Gasteiger partial charge is 0.320 e. The van der Waals surface area contributed by atoms with E-state index in [0.717, 1.165) is 32.1 Å². The van der Waals surface area contributed by atoms with Gasteiger partial charge in [0.1, 0.15) is 6.04 Å². The number of hydrogen-bond donors (Lipinski definition) is 4. The van der Waals surface area contributed by atoms with E-state index in [2.05, 4.69) is 4.99 Å². The summed E-state index contributed by atoms with van der Waals surface area (Å²) in [6.45, 7) is 0.664. The van der Waals surface area contributed by atoms with Crippen LogP contribution in [0.15, 0.2) is 4.99 Å². The molecule has 0 spiro atoms. The average Bonchev–Trinajstić information content (AvgIpc) is 2.21. The number of carbonyl (C=O) groups is 1. The van der Waals surface area contributed by atoms with Crippen LogP contribution in [0, 0.1) is 0 Å². The van der Waals surface area contributed by atoms with Gasteiger partial charge in [-0.1, -0.05) is 25.7 Å². The lowest BCUT2D eigenvalue weighted by atomic mass is 10.1. The molecule has 1 unspecified atom stereocenters. The summed E-state index contributed by atoms with van der Waals surface area (Å²) < 4.78 is 0. The Morgan fingerprint density at radius 3 is 2.25 bits per heavy atom. The van der Waals surface area contributed by atoms with Gasteiger partial charge in [-0.05, 0) is 12.8 Å². The second-order valence-electron chi connectivity index (χ2n) is 3.81. The first-order valence-corrected chi connectivity index (χ1v) is 5.58. The van der Waals surface area contributed by atoms with Gasteiger partial charge in [-0.3, -0.25) is 9.79 Å². The predicted molar refractivity (Wildman–Crippen MR) is 64.0 cm³/mol. The van der Waals surface area contributed by atoms with Crippen molar-refractivity contribution < 1.29 is 9.90 Å². The molecular weight excluding hydrogens is 208 g/mol. The van der Waals surface area contributed by atoms with Crippen molar-refractivity contribution in [2.45, 2.75) is 44.6 Å². The van der Waals surface area contributed by atoms with Crippen LogP contribution in [0.4, 0.5) is 0 Å². The van der Waals surface area contributed by atoms with E-state index in [-0.39, 0.29) is 5.96 Å². The van der Waals surface area contributed by atoms with Crippen LogP contribution in [0.2, 0.25) is 0 Å². The summed E-state index contributed by atoms with van der Waals surface area (Å²) in [5.74, 6) is -0.791. The van der Waals surface area contributed by atoms with E-state index in [1.54, 1.807) is 0 Å². The molecule has 0 amide bonds. The molecule has 0 radical (unpaired) electrons. The van der Waals surface area contributed by atoms with E-state index in [1.807, 2.05) is 0 Å². The zero-order chi connectivity index (χ0) is 12.4. The summed E-state index contributed by atoms with van der Waals surface area (Å²) in [5, 5.41) is 8.54. The lowest BCUT2D eigenvalue weighted by Crippen LogP contribution is -2.29. The van der Waals surface area contributed by atoms with Crippen LogP contribution in [0.1, 0.15) is 38.5 Å². The van der Waals surface area contributed by atoms with Gasteiger partial charge in [0.05, 0.1) is 0 Å². The molecule has 0 aromatic carbocycles.